The van der Waals surface area contributed by atoms with Crippen LogP contribution >= 0.6 is 0 Å². The molecule has 0 spiro atoms. The van der Waals surface area contributed by atoms with Gasteiger partial charge in [0.05, 0.1) is 6.54 Å². The van der Waals surface area contributed by atoms with Gasteiger partial charge in [0.15, 0.2) is 0 Å². The number of hydrogen-bond acceptors (Lipinski definition) is 4. The van der Waals surface area contributed by atoms with Crippen molar-refractivity contribution in [2.45, 2.75) is 0 Å². The van der Waals surface area contributed by atoms with Crippen LogP contribution in [0.4, 0.5) is 0 Å². The summed E-state index contributed by atoms with van der Waals surface area (Å²) in [6, 6.07) is 0. The van der Waals surface area contributed by atoms with E-state index in [9.17, 15) is 4.79 Å². The summed E-state index contributed by atoms with van der Waals surface area (Å²) in [7, 11) is 0. The van der Waals surface area contributed by atoms with E-state index in [-0.39, 0.29) is 42.9 Å². The first-order valence-corrected chi connectivity index (χ1v) is 1.71. The van der Waals surface area contributed by atoms with E-state index in [2.05, 4.69) is 5.73 Å². The van der Waals surface area contributed by atoms with Gasteiger partial charge in [-0.25, -0.2) is 0 Å². The molecule has 9 heavy (non-hydrogen) atoms. The van der Waals surface area contributed by atoms with Gasteiger partial charge < -0.3 is 21.1 Å². The molecular formula is C3H8NNaO4. The Bertz CT molecular complexity index is 59.8. The summed E-state index contributed by atoms with van der Waals surface area (Å²) in [6.45, 7) is -0.278. The second-order valence-electron chi connectivity index (χ2n) is 0.713. The predicted molar refractivity (Wildman–Crippen MR) is 24.9 cm³/mol. The maximum Gasteiger partial charge on any atom is 1.00 e. The smallest absolute Gasteiger partial charge is 0.539 e. The van der Waals surface area contributed by atoms with E-state index in [0.29, 0.717) is 0 Å². The van der Waals surface area contributed by atoms with Gasteiger partial charge in [-0.2, -0.15) is 0 Å². The molecule has 5 N–H and O–H groups in total. The van der Waals surface area contributed by atoms with E-state index in [0.717, 1.165) is 0 Å². The Labute approximate surface area is 74.8 Å². The molecular weight excluding hydrogens is 137 g/mol. The largest absolute Gasteiger partial charge is 1.00 e. The Morgan fingerprint density at radius 1 is 1.56 bits per heavy atom. The summed E-state index contributed by atoms with van der Waals surface area (Å²) in [5, 5.41) is 21.6. The fourth-order valence-electron chi connectivity index (χ4n) is 0. The normalized spacial score (nSPS) is 6.11. The Hall–Kier alpha value is 0.350. The second-order valence-corrected chi connectivity index (χ2v) is 0.713. The van der Waals surface area contributed by atoms with Gasteiger partial charge in [0.1, 0.15) is 0 Å². The summed E-state index contributed by atoms with van der Waals surface area (Å²) in [4.78, 5) is 9.24. The molecule has 0 aliphatic carbocycles. The number of hydrogen-bond donors (Lipinski definition) is 4. The van der Waals surface area contributed by atoms with Crippen molar-refractivity contribution in [2.24, 2.45) is 5.73 Å². The van der Waals surface area contributed by atoms with E-state index < -0.39 is 5.97 Å². The van der Waals surface area contributed by atoms with E-state index >= 15 is 0 Å². The number of aliphatic carboxylic acids is 1. The maximum absolute atomic E-state index is 9.24. The first-order chi connectivity index (χ1) is 3.68. The van der Waals surface area contributed by atoms with Gasteiger partial charge in [-0.05, 0) is 0 Å². The standard InChI is InChI=1S/C2H5NO2.CH3O2.Na/c3-1-2(4)5;2-1-3;/h1,3H2,(H,4,5);1-3H;/q;-1;+1. The zero-order valence-corrected chi connectivity index (χ0v) is 7.11. The van der Waals surface area contributed by atoms with Crippen LogP contribution in [0, 0.1) is 6.79 Å². The van der Waals surface area contributed by atoms with Crippen LogP contribution in [0.2, 0.25) is 0 Å². The van der Waals surface area contributed by atoms with E-state index in [1.807, 2.05) is 0 Å². The fraction of sp³-hybridized carbons (Fsp3) is 0.333. The Morgan fingerprint density at radius 3 is 1.67 bits per heavy atom. The number of aliphatic hydroxyl groups excluding tert-OH is 1. The van der Waals surface area contributed by atoms with Crippen LogP contribution < -0.4 is 35.3 Å². The van der Waals surface area contributed by atoms with Crippen molar-refractivity contribution in [3.8, 4) is 0 Å². The summed E-state index contributed by atoms with van der Waals surface area (Å²) < 4.78 is 0. The molecule has 0 heterocycles. The average molecular weight is 145 g/mol. The summed E-state index contributed by atoms with van der Waals surface area (Å²) >= 11 is 0. The summed E-state index contributed by atoms with van der Waals surface area (Å²) in [6.07, 6.45) is 0. The van der Waals surface area contributed by atoms with Crippen LogP contribution in [0.25, 0.3) is 0 Å². The van der Waals surface area contributed by atoms with Crippen LogP contribution in [-0.2, 0) is 4.79 Å². The average Bonchev–Trinajstić information content (AvgIpc) is 1.69. The van der Waals surface area contributed by atoms with Crippen molar-refractivity contribution >= 4 is 5.97 Å². The summed E-state index contributed by atoms with van der Waals surface area (Å²) in [5.41, 5.74) is 4.57. The van der Waals surface area contributed by atoms with Crippen molar-refractivity contribution in [1.82, 2.24) is 0 Å². The molecule has 0 saturated carbocycles. The molecule has 0 aliphatic heterocycles. The first kappa shape index (κ1) is 16.2. The molecule has 0 unspecified atom stereocenters. The molecule has 50 valence electrons. The third-order valence-electron chi connectivity index (χ3n) is 0.175. The molecule has 0 rings (SSSR count). The third-order valence-corrected chi connectivity index (χ3v) is 0.175. The minimum absolute atomic E-state index is 0. The van der Waals surface area contributed by atoms with Crippen LogP contribution in [0.5, 0.6) is 0 Å². The zero-order chi connectivity index (χ0) is 6.99. The number of rotatable bonds is 1. The predicted octanol–water partition coefficient (Wildman–Crippen LogP) is -4.12. The number of carboxylic acid groups (broad SMARTS) is 1. The van der Waals surface area contributed by atoms with Gasteiger partial charge in [0.25, 0.3) is 0 Å². The minimum atomic E-state index is -0.968. The van der Waals surface area contributed by atoms with Gasteiger partial charge in [-0.15, -0.1) is 6.79 Å². The molecule has 0 amide bonds. The Balaban J connectivity index is -0.0000000800. The second kappa shape index (κ2) is 15.8. The van der Waals surface area contributed by atoms with Crippen molar-refractivity contribution in [2.75, 3.05) is 6.54 Å². The van der Waals surface area contributed by atoms with Crippen LogP contribution in [-0.4, -0.2) is 27.8 Å². The molecule has 0 bridgehead atoms. The monoisotopic (exact) mass is 145 g/mol. The molecule has 0 fully saturated rings. The van der Waals surface area contributed by atoms with Crippen LogP contribution in [0.3, 0.4) is 0 Å². The Morgan fingerprint density at radius 2 is 1.67 bits per heavy atom. The van der Waals surface area contributed by atoms with Crippen LogP contribution in [0.1, 0.15) is 0 Å². The fourth-order valence-corrected chi connectivity index (χ4v) is 0. The molecule has 0 aromatic rings. The van der Waals surface area contributed by atoms with Crippen molar-refractivity contribution in [3.63, 3.8) is 0 Å². The van der Waals surface area contributed by atoms with Crippen molar-refractivity contribution < 1.29 is 49.7 Å². The topological polar surface area (TPSA) is 104 Å². The van der Waals surface area contributed by atoms with Gasteiger partial charge in [0, 0.05) is 0 Å². The van der Waals surface area contributed by atoms with E-state index in [4.69, 9.17) is 15.3 Å². The summed E-state index contributed by atoms with van der Waals surface area (Å²) in [5.74, 6) is -0.968. The molecule has 5 nitrogen and oxygen atoms in total. The molecule has 0 aromatic heterocycles. The SMILES string of the molecule is NCC(=O)O.O[CH-]O.[Na+]. The van der Waals surface area contributed by atoms with Crippen molar-refractivity contribution in [3.05, 3.63) is 6.79 Å². The van der Waals surface area contributed by atoms with Gasteiger partial charge in [-0.1, -0.05) is 0 Å². The number of aliphatic hydroxyl groups is 2. The molecule has 6 heteroatoms. The Kier molecular flexibility index (Phi) is 28.3. The molecule has 0 aliphatic rings. The van der Waals surface area contributed by atoms with E-state index in [1.165, 1.54) is 0 Å². The van der Waals surface area contributed by atoms with Crippen molar-refractivity contribution in [1.29, 1.82) is 0 Å². The van der Waals surface area contributed by atoms with Gasteiger partial charge in [-0.3, -0.25) is 4.79 Å². The van der Waals surface area contributed by atoms with E-state index in [1.54, 1.807) is 0 Å². The minimum Gasteiger partial charge on any atom is -0.539 e. The third kappa shape index (κ3) is 61.0. The number of nitrogens with two attached hydrogens (primary N) is 1. The number of carboxylic acids is 1. The first-order valence-electron chi connectivity index (χ1n) is 1.71. The molecule has 0 atom stereocenters. The van der Waals surface area contributed by atoms with Crippen LogP contribution in [0.15, 0.2) is 0 Å². The molecule has 0 aromatic carbocycles. The molecule has 0 radical (unpaired) electrons. The van der Waals surface area contributed by atoms with Gasteiger partial charge >= 0.3 is 35.5 Å². The van der Waals surface area contributed by atoms with Gasteiger partial charge in [0.2, 0.25) is 0 Å². The number of carbonyl (C=O) groups is 1. The quantitative estimate of drug-likeness (QED) is 0.222. The molecule has 0 saturated heterocycles. The maximum atomic E-state index is 9.24. The zero-order valence-electron chi connectivity index (χ0n) is 5.11.